The third-order valence-electron chi connectivity index (χ3n) is 3.91. The number of nitrogens with zero attached hydrogens (tertiary/aromatic N) is 2. The molecule has 3 rings (SSSR count). The number of nitrogens with one attached hydrogen (secondary N) is 1. The minimum Gasteiger partial charge on any atom is -0.497 e. The van der Waals surface area contributed by atoms with Crippen LogP contribution in [0.25, 0.3) is 0 Å². The van der Waals surface area contributed by atoms with Crippen molar-refractivity contribution in [3.8, 4) is 5.75 Å². The largest absolute Gasteiger partial charge is 0.497 e. The lowest BCUT2D eigenvalue weighted by Gasteiger charge is -2.04. The Kier molecular flexibility index (Phi) is 5.68. The minimum absolute atomic E-state index is 0.115. The van der Waals surface area contributed by atoms with Crippen LogP contribution in [0.4, 0.5) is 4.39 Å². The molecule has 1 N–H and O–H groups in total. The van der Waals surface area contributed by atoms with E-state index in [9.17, 15) is 9.18 Å². The van der Waals surface area contributed by atoms with Crippen molar-refractivity contribution < 1.29 is 13.9 Å². The number of ether oxygens (including phenoxy) is 1. The first kappa shape index (κ1) is 18.1. The number of amidine groups is 1. The molecule has 0 spiro atoms. The van der Waals surface area contributed by atoms with Gasteiger partial charge in [0.25, 0.3) is 0 Å². The second-order valence-corrected chi connectivity index (χ2v) is 6.94. The minimum atomic E-state index is -0.296. The van der Waals surface area contributed by atoms with E-state index in [1.807, 2.05) is 31.2 Å². The smallest absolute Gasteiger partial charge is 0.239 e. The first-order valence-electron chi connectivity index (χ1n) is 8.04. The molecule has 0 saturated carbocycles. The van der Waals surface area contributed by atoms with Gasteiger partial charge in [0.2, 0.25) is 5.91 Å². The van der Waals surface area contributed by atoms with Gasteiger partial charge in [-0.25, -0.2) is 4.39 Å². The molecule has 0 radical (unpaired) electrons. The van der Waals surface area contributed by atoms with Crippen molar-refractivity contribution in [1.29, 1.82) is 0 Å². The van der Waals surface area contributed by atoms with Crippen molar-refractivity contribution >= 4 is 28.5 Å². The Bertz CT molecular complexity index is 848. The van der Waals surface area contributed by atoms with Crippen LogP contribution >= 0.6 is 11.8 Å². The van der Waals surface area contributed by atoms with Gasteiger partial charge in [0.05, 0.1) is 18.1 Å². The Hall–Kier alpha value is -2.67. The summed E-state index contributed by atoms with van der Waals surface area (Å²) in [5.41, 5.74) is 2.56. The number of thioether (sulfide) groups is 1. The van der Waals surface area contributed by atoms with E-state index in [1.54, 1.807) is 19.2 Å². The van der Waals surface area contributed by atoms with Crippen molar-refractivity contribution in [3.63, 3.8) is 0 Å². The summed E-state index contributed by atoms with van der Waals surface area (Å²) >= 11 is 1.33. The summed E-state index contributed by atoms with van der Waals surface area (Å²) in [6.07, 6.45) is 0.511. The third kappa shape index (κ3) is 4.49. The number of halogens is 1. The number of amides is 1. The fourth-order valence-corrected chi connectivity index (χ4v) is 3.39. The molecule has 1 saturated heterocycles. The molecule has 1 aliphatic rings. The molecule has 134 valence electrons. The van der Waals surface area contributed by atoms with Crippen molar-refractivity contribution in [1.82, 2.24) is 5.32 Å². The van der Waals surface area contributed by atoms with Gasteiger partial charge in [-0.2, -0.15) is 5.10 Å². The maximum absolute atomic E-state index is 13.0. The lowest BCUT2D eigenvalue weighted by molar-refractivity contribution is -0.118. The van der Waals surface area contributed by atoms with Gasteiger partial charge in [0.15, 0.2) is 5.17 Å². The molecular formula is C19H18FN3O2S. The normalized spacial score (nSPS) is 18.9. The van der Waals surface area contributed by atoms with E-state index in [4.69, 9.17) is 4.74 Å². The molecule has 1 fully saturated rings. The Labute approximate surface area is 155 Å². The monoisotopic (exact) mass is 371 g/mol. The molecule has 0 aliphatic carbocycles. The van der Waals surface area contributed by atoms with E-state index in [1.165, 1.54) is 23.9 Å². The average Bonchev–Trinajstić information content (AvgIpc) is 3.01. The van der Waals surface area contributed by atoms with Crippen molar-refractivity contribution in [3.05, 3.63) is 65.5 Å². The topological polar surface area (TPSA) is 63.1 Å². The van der Waals surface area contributed by atoms with Gasteiger partial charge >= 0.3 is 0 Å². The molecule has 2 aromatic rings. The van der Waals surface area contributed by atoms with Gasteiger partial charge in [-0.3, -0.25) is 4.79 Å². The quantitative estimate of drug-likeness (QED) is 0.647. The van der Waals surface area contributed by atoms with Crippen molar-refractivity contribution in [2.75, 3.05) is 7.11 Å². The first-order valence-corrected chi connectivity index (χ1v) is 8.92. The zero-order valence-electron chi connectivity index (χ0n) is 14.4. The van der Waals surface area contributed by atoms with Crippen LogP contribution in [0.5, 0.6) is 5.75 Å². The van der Waals surface area contributed by atoms with Crippen LogP contribution in [0.3, 0.4) is 0 Å². The van der Waals surface area contributed by atoms with Gasteiger partial charge < -0.3 is 10.1 Å². The SMILES string of the molecule is COc1ccc(C(C)=N/N=C2\NC(=O)C(Cc3ccc(F)cc3)S2)cc1. The van der Waals surface area contributed by atoms with Crippen LogP contribution in [0, 0.1) is 5.82 Å². The summed E-state index contributed by atoms with van der Waals surface area (Å²) in [4.78, 5) is 12.1. The Balaban J connectivity index is 1.65. The van der Waals surface area contributed by atoms with Gasteiger partial charge in [-0.15, -0.1) is 5.10 Å². The van der Waals surface area contributed by atoms with Gasteiger partial charge in [0.1, 0.15) is 11.6 Å². The molecule has 5 nitrogen and oxygen atoms in total. The number of benzene rings is 2. The fourth-order valence-electron chi connectivity index (χ4n) is 2.43. The average molecular weight is 371 g/mol. The molecule has 0 bridgehead atoms. The zero-order chi connectivity index (χ0) is 18.5. The van der Waals surface area contributed by atoms with Gasteiger partial charge in [0, 0.05) is 0 Å². The number of rotatable bonds is 5. The van der Waals surface area contributed by atoms with Crippen LogP contribution in [-0.4, -0.2) is 29.1 Å². The zero-order valence-corrected chi connectivity index (χ0v) is 15.2. The molecular weight excluding hydrogens is 353 g/mol. The molecule has 1 amide bonds. The molecule has 0 aromatic heterocycles. The van der Waals surface area contributed by atoms with Crippen LogP contribution in [0.1, 0.15) is 18.1 Å². The molecule has 1 aliphatic heterocycles. The summed E-state index contributed by atoms with van der Waals surface area (Å²) in [6.45, 7) is 1.85. The lowest BCUT2D eigenvalue weighted by atomic mass is 10.1. The summed E-state index contributed by atoms with van der Waals surface area (Å²) < 4.78 is 18.1. The fraction of sp³-hybridized carbons (Fsp3) is 0.211. The Morgan fingerprint density at radius 2 is 1.88 bits per heavy atom. The first-order chi connectivity index (χ1) is 12.5. The predicted molar refractivity (Wildman–Crippen MR) is 102 cm³/mol. The maximum Gasteiger partial charge on any atom is 0.239 e. The highest BCUT2D eigenvalue weighted by molar-refractivity contribution is 8.15. The van der Waals surface area contributed by atoms with E-state index in [-0.39, 0.29) is 17.0 Å². The summed E-state index contributed by atoms with van der Waals surface area (Å²) in [5.74, 6) is 0.369. The second-order valence-electron chi connectivity index (χ2n) is 5.75. The number of carbonyl (C=O) groups is 1. The van der Waals surface area contributed by atoms with E-state index in [0.29, 0.717) is 11.6 Å². The Morgan fingerprint density at radius 1 is 1.19 bits per heavy atom. The van der Waals surface area contributed by atoms with Crippen molar-refractivity contribution in [2.24, 2.45) is 10.2 Å². The third-order valence-corrected chi connectivity index (χ3v) is 4.98. The number of hydrogen-bond acceptors (Lipinski definition) is 5. The van der Waals surface area contributed by atoms with Crippen molar-refractivity contribution in [2.45, 2.75) is 18.6 Å². The van der Waals surface area contributed by atoms with Crippen LogP contribution in [0.15, 0.2) is 58.7 Å². The highest BCUT2D eigenvalue weighted by atomic mass is 32.2. The van der Waals surface area contributed by atoms with E-state index >= 15 is 0 Å². The van der Waals surface area contributed by atoms with E-state index < -0.39 is 0 Å². The molecule has 2 aromatic carbocycles. The molecule has 1 heterocycles. The van der Waals surface area contributed by atoms with Crippen LogP contribution in [-0.2, 0) is 11.2 Å². The lowest BCUT2D eigenvalue weighted by Crippen LogP contribution is -2.26. The molecule has 26 heavy (non-hydrogen) atoms. The highest BCUT2D eigenvalue weighted by Crippen LogP contribution is 2.23. The number of carbonyl (C=O) groups excluding carboxylic acids is 1. The predicted octanol–water partition coefficient (Wildman–Crippen LogP) is 3.39. The van der Waals surface area contributed by atoms with Gasteiger partial charge in [-0.05, 0) is 60.9 Å². The standard InChI is InChI=1S/C19H18FN3O2S/c1-12(14-5-9-16(25-2)10-6-14)22-23-19-21-18(24)17(26-19)11-13-3-7-15(20)8-4-13/h3-10,17H,11H2,1-2H3,(H,21,23,24). The summed E-state index contributed by atoms with van der Waals surface area (Å²) in [7, 11) is 1.62. The molecule has 7 heteroatoms. The second kappa shape index (κ2) is 8.14. The maximum atomic E-state index is 13.0. The Morgan fingerprint density at radius 3 is 2.54 bits per heavy atom. The van der Waals surface area contributed by atoms with E-state index in [0.717, 1.165) is 22.6 Å². The van der Waals surface area contributed by atoms with Crippen LogP contribution < -0.4 is 10.1 Å². The number of methoxy groups -OCH3 is 1. The number of hydrogen-bond donors (Lipinski definition) is 1. The van der Waals surface area contributed by atoms with Crippen LogP contribution in [0.2, 0.25) is 0 Å². The highest BCUT2D eigenvalue weighted by Gasteiger charge is 2.30. The molecule has 1 atom stereocenters. The van der Waals surface area contributed by atoms with Gasteiger partial charge in [-0.1, -0.05) is 23.9 Å². The molecule has 1 unspecified atom stereocenters. The van der Waals surface area contributed by atoms with E-state index in [2.05, 4.69) is 15.5 Å². The summed E-state index contributed by atoms with van der Waals surface area (Å²) in [5, 5.41) is 11.2. The summed E-state index contributed by atoms with van der Waals surface area (Å²) in [6, 6.07) is 13.7.